The predicted octanol–water partition coefficient (Wildman–Crippen LogP) is 0.750. The van der Waals surface area contributed by atoms with Gasteiger partial charge in [-0.3, -0.25) is 9.78 Å². The van der Waals surface area contributed by atoms with Crippen LogP contribution in [0.3, 0.4) is 0 Å². The van der Waals surface area contributed by atoms with Gasteiger partial charge in [0.15, 0.2) is 0 Å². The third-order valence-electron chi connectivity index (χ3n) is 3.86. The average molecular weight is 347 g/mol. The molecular formula is C15H17N5O3S. The zero-order valence-electron chi connectivity index (χ0n) is 13.4. The van der Waals surface area contributed by atoms with E-state index in [9.17, 15) is 13.2 Å². The molecule has 0 unspecified atom stereocenters. The van der Waals surface area contributed by atoms with E-state index < -0.39 is 10.0 Å². The predicted molar refractivity (Wildman–Crippen MR) is 87.9 cm³/mol. The van der Waals surface area contributed by atoms with E-state index in [2.05, 4.69) is 20.3 Å². The summed E-state index contributed by atoms with van der Waals surface area (Å²) < 4.78 is 24.8. The molecule has 1 aliphatic rings. The third kappa shape index (κ3) is 3.41. The number of hydrogen-bond acceptors (Lipinski definition) is 6. The molecule has 0 saturated heterocycles. The Labute approximate surface area is 140 Å². The molecule has 9 heteroatoms. The lowest BCUT2D eigenvalue weighted by Crippen LogP contribution is -2.36. The van der Waals surface area contributed by atoms with E-state index in [1.54, 1.807) is 13.1 Å². The molecule has 1 amide bonds. The van der Waals surface area contributed by atoms with Gasteiger partial charge in [0.25, 0.3) is 5.91 Å². The Hall–Kier alpha value is -2.39. The Kier molecular flexibility index (Phi) is 4.29. The van der Waals surface area contributed by atoms with Gasteiger partial charge in [0.05, 0.1) is 29.9 Å². The van der Waals surface area contributed by atoms with Crippen molar-refractivity contribution in [3.05, 3.63) is 47.3 Å². The van der Waals surface area contributed by atoms with E-state index in [0.29, 0.717) is 30.0 Å². The maximum absolute atomic E-state index is 12.5. The van der Waals surface area contributed by atoms with Crippen LogP contribution in [0.2, 0.25) is 0 Å². The molecule has 1 aliphatic heterocycles. The zero-order valence-corrected chi connectivity index (χ0v) is 14.2. The number of nitrogens with one attached hydrogen (secondary N) is 1. The van der Waals surface area contributed by atoms with Crippen LogP contribution in [0.25, 0.3) is 0 Å². The van der Waals surface area contributed by atoms with Gasteiger partial charge in [-0.15, -0.1) is 0 Å². The van der Waals surface area contributed by atoms with Crippen LogP contribution in [0, 0.1) is 6.92 Å². The number of pyridine rings is 1. The zero-order chi connectivity index (χ0) is 17.3. The van der Waals surface area contributed by atoms with Crippen molar-refractivity contribution < 1.29 is 13.2 Å². The van der Waals surface area contributed by atoms with Crippen LogP contribution < -0.4 is 5.32 Å². The molecule has 0 saturated carbocycles. The van der Waals surface area contributed by atoms with Crippen molar-refractivity contribution >= 4 is 21.6 Å². The van der Waals surface area contributed by atoms with E-state index in [-0.39, 0.29) is 12.5 Å². The maximum atomic E-state index is 12.5. The van der Waals surface area contributed by atoms with Crippen LogP contribution in [0.4, 0.5) is 5.69 Å². The lowest BCUT2D eigenvalue weighted by atomic mass is 9.98. The highest BCUT2D eigenvalue weighted by molar-refractivity contribution is 7.88. The van der Waals surface area contributed by atoms with Gasteiger partial charge in [0.1, 0.15) is 5.82 Å². The highest BCUT2D eigenvalue weighted by atomic mass is 32.2. The number of carbonyl (C=O) groups is 1. The first kappa shape index (κ1) is 16.5. The monoisotopic (exact) mass is 347 g/mol. The second-order valence-electron chi connectivity index (χ2n) is 5.64. The molecule has 2 aromatic heterocycles. The largest absolute Gasteiger partial charge is 0.319 e. The Balaban J connectivity index is 1.85. The number of aromatic nitrogens is 3. The Morgan fingerprint density at radius 1 is 1.21 bits per heavy atom. The highest BCUT2D eigenvalue weighted by Crippen LogP contribution is 2.23. The van der Waals surface area contributed by atoms with E-state index in [1.165, 1.54) is 29.2 Å². The van der Waals surface area contributed by atoms with Gasteiger partial charge in [-0.2, -0.15) is 4.31 Å². The normalized spacial score (nSPS) is 14.9. The minimum Gasteiger partial charge on any atom is -0.319 e. The van der Waals surface area contributed by atoms with Crippen molar-refractivity contribution in [1.82, 2.24) is 19.3 Å². The fourth-order valence-corrected chi connectivity index (χ4v) is 3.40. The number of aryl methyl sites for hydroxylation is 1. The summed E-state index contributed by atoms with van der Waals surface area (Å²) >= 11 is 0. The van der Waals surface area contributed by atoms with E-state index in [0.717, 1.165) is 11.1 Å². The van der Waals surface area contributed by atoms with Gasteiger partial charge in [0.2, 0.25) is 10.0 Å². The van der Waals surface area contributed by atoms with Crippen LogP contribution >= 0.6 is 0 Å². The average Bonchev–Trinajstić information content (AvgIpc) is 2.55. The van der Waals surface area contributed by atoms with E-state index >= 15 is 0 Å². The Morgan fingerprint density at radius 3 is 2.58 bits per heavy atom. The highest BCUT2D eigenvalue weighted by Gasteiger charge is 2.26. The van der Waals surface area contributed by atoms with Crippen LogP contribution in [-0.4, -0.2) is 46.4 Å². The van der Waals surface area contributed by atoms with Gasteiger partial charge >= 0.3 is 0 Å². The van der Waals surface area contributed by atoms with Crippen LogP contribution in [-0.2, 0) is 23.0 Å². The molecule has 3 rings (SSSR count). The lowest BCUT2D eigenvalue weighted by Gasteiger charge is -2.27. The molecule has 0 aliphatic carbocycles. The SMILES string of the molecule is Cc1ncc(NC(=O)c2cncc3c2CCN(S(C)(=O)=O)C3)cn1. The molecule has 24 heavy (non-hydrogen) atoms. The topological polar surface area (TPSA) is 105 Å². The number of anilines is 1. The molecule has 0 atom stereocenters. The minimum atomic E-state index is -3.27. The smallest absolute Gasteiger partial charge is 0.257 e. The second kappa shape index (κ2) is 6.25. The first-order valence-electron chi connectivity index (χ1n) is 7.35. The van der Waals surface area contributed by atoms with Crippen molar-refractivity contribution in [3.8, 4) is 0 Å². The maximum Gasteiger partial charge on any atom is 0.257 e. The summed E-state index contributed by atoms with van der Waals surface area (Å²) in [6.07, 6.45) is 7.83. The molecule has 3 heterocycles. The van der Waals surface area contributed by atoms with E-state index in [4.69, 9.17) is 0 Å². The fraction of sp³-hybridized carbons (Fsp3) is 0.333. The van der Waals surface area contributed by atoms with Crippen molar-refractivity contribution in [2.45, 2.75) is 19.9 Å². The Morgan fingerprint density at radius 2 is 1.92 bits per heavy atom. The van der Waals surface area contributed by atoms with Gasteiger partial charge in [-0.05, 0) is 24.5 Å². The number of carbonyl (C=O) groups excluding carboxylic acids is 1. The summed E-state index contributed by atoms with van der Waals surface area (Å²) in [5, 5.41) is 2.74. The first-order valence-corrected chi connectivity index (χ1v) is 9.20. The summed E-state index contributed by atoms with van der Waals surface area (Å²) in [5.41, 5.74) is 2.52. The van der Waals surface area contributed by atoms with Crippen molar-refractivity contribution in [2.24, 2.45) is 0 Å². The molecular weight excluding hydrogens is 330 g/mol. The molecule has 0 fully saturated rings. The summed E-state index contributed by atoms with van der Waals surface area (Å²) in [6, 6.07) is 0. The fourth-order valence-electron chi connectivity index (χ4n) is 2.60. The number of sulfonamides is 1. The van der Waals surface area contributed by atoms with Gasteiger partial charge in [-0.25, -0.2) is 18.4 Å². The van der Waals surface area contributed by atoms with Crippen LogP contribution in [0.1, 0.15) is 27.3 Å². The molecule has 2 aromatic rings. The van der Waals surface area contributed by atoms with Crippen LogP contribution in [0.5, 0.6) is 0 Å². The molecule has 8 nitrogen and oxygen atoms in total. The number of nitrogens with zero attached hydrogens (tertiary/aromatic N) is 4. The summed E-state index contributed by atoms with van der Waals surface area (Å²) in [5.74, 6) is 0.312. The summed E-state index contributed by atoms with van der Waals surface area (Å²) in [4.78, 5) is 24.7. The van der Waals surface area contributed by atoms with Crippen molar-refractivity contribution in [2.75, 3.05) is 18.1 Å². The van der Waals surface area contributed by atoms with Crippen LogP contribution in [0.15, 0.2) is 24.8 Å². The molecule has 126 valence electrons. The molecule has 0 bridgehead atoms. The first-order chi connectivity index (χ1) is 11.3. The standard InChI is InChI=1S/C15H17N5O3S/c1-10-17-6-12(7-18-10)19-15(21)14-8-16-5-11-9-20(24(2,22)23)4-3-13(11)14/h5-8H,3-4,9H2,1-2H3,(H,19,21). The molecule has 0 radical (unpaired) electrons. The quantitative estimate of drug-likeness (QED) is 0.878. The Bertz CT molecular complexity index is 880. The summed E-state index contributed by atoms with van der Waals surface area (Å²) in [7, 11) is -3.27. The molecule has 0 spiro atoms. The second-order valence-corrected chi connectivity index (χ2v) is 7.63. The van der Waals surface area contributed by atoms with Crippen molar-refractivity contribution in [3.63, 3.8) is 0 Å². The third-order valence-corrected chi connectivity index (χ3v) is 5.11. The van der Waals surface area contributed by atoms with Gasteiger partial charge in [0, 0.05) is 25.5 Å². The number of amides is 1. The van der Waals surface area contributed by atoms with Gasteiger partial charge < -0.3 is 5.32 Å². The molecule has 1 N–H and O–H groups in total. The van der Waals surface area contributed by atoms with Gasteiger partial charge in [-0.1, -0.05) is 0 Å². The van der Waals surface area contributed by atoms with Crippen molar-refractivity contribution in [1.29, 1.82) is 0 Å². The molecule has 0 aromatic carbocycles. The number of hydrogen-bond donors (Lipinski definition) is 1. The van der Waals surface area contributed by atoms with E-state index in [1.807, 2.05) is 0 Å². The number of rotatable bonds is 3. The summed E-state index contributed by atoms with van der Waals surface area (Å²) in [6.45, 7) is 2.34. The minimum absolute atomic E-state index is 0.232. The number of fused-ring (bicyclic) bond motifs is 1. The lowest BCUT2D eigenvalue weighted by molar-refractivity contribution is 0.102.